The molecule has 2 N–H and O–H groups in total. The zero-order chi connectivity index (χ0) is 11.6. The minimum Gasteiger partial charge on any atom is -0.368 e. The Bertz CT molecular complexity index is 389. The maximum absolute atomic E-state index is 10.7. The lowest BCUT2D eigenvalue weighted by Crippen LogP contribution is -2.09. The first-order valence-electron chi connectivity index (χ1n) is 4.25. The van der Waals surface area contributed by atoms with Gasteiger partial charge in [0.2, 0.25) is 5.95 Å². The summed E-state index contributed by atoms with van der Waals surface area (Å²) in [7, 11) is 0. The highest BCUT2D eigenvalue weighted by molar-refractivity contribution is 8.00. The van der Waals surface area contributed by atoms with Crippen molar-refractivity contribution in [1.29, 1.82) is 0 Å². The van der Waals surface area contributed by atoms with Crippen molar-refractivity contribution >= 4 is 23.4 Å². The van der Waals surface area contributed by atoms with Gasteiger partial charge in [-0.05, 0) is 0 Å². The van der Waals surface area contributed by atoms with Gasteiger partial charge in [0.25, 0.3) is 0 Å². The van der Waals surface area contributed by atoms with Crippen LogP contribution in [0.1, 0.15) is 20.8 Å². The fraction of sp³-hybridized carbons (Fsp3) is 0.500. The first-order chi connectivity index (χ1) is 6.79. The summed E-state index contributed by atoms with van der Waals surface area (Å²) in [6, 6.07) is 0. The SMILES string of the molecule is CC(C)(C)Sc1nc(N)ncc1[N+](=O)[O-]. The second-order valence-electron chi connectivity index (χ2n) is 3.89. The first kappa shape index (κ1) is 11.7. The fourth-order valence-corrected chi connectivity index (χ4v) is 1.81. The van der Waals surface area contributed by atoms with E-state index in [-0.39, 0.29) is 16.4 Å². The lowest BCUT2D eigenvalue weighted by Gasteiger charge is -2.16. The Hall–Kier alpha value is -1.37. The summed E-state index contributed by atoms with van der Waals surface area (Å²) in [4.78, 5) is 17.7. The van der Waals surface area contributed by atoms with Crippen LogP contribution in [-0.2, 0) is 0 Å². The van der Waals surface area contributed by atoms with Crippen molar-refractivity contribution < 1.29 is 4.92 Å². The van der Waals surface area contributed by atoms with Crippen LogP contribution in [0.25, 0.3) is 0 Å². The summed E-state index contributed by atoms with van der Waals surface area (Å²) in [5.74, 6) is 0.0485. The third-order valence-corrected chi connectivity index (χ3v) is 2.46. The van der Waals surface area contributed by atoms with Crippen LogP contribution in [0.2, 0.25) is 0 Å². The summed E-state index contributed by atoms with van der Waals surface area (Å²) in [6.07, 6.45) is 1.14. The van der Waals surface area contributed by atoms with Gasteiger partial charge in [0, 0.05) is 4.75 Å². The topological polar surface area (TPSA) is 94.9 Å². The van der Waals surface area contributed by atoms with Crippen LogP contribution in [0, 0.1) is 10.1 Å². The van der Waals surface area contributed by atoms with Gasteiger partial charge in [0.15, 0.2) is 5.03 Å². The highest BCUT2D eigenvalue weighted by Gasteiger charge is 2.22. The van der Waals surface area contributed by atoms with E-state index in [1.54, 1.807) is 0 Å². The first-order valence-corrected chi connectivity index (χ1v) is 5.07. The van der Waals surface area contributed by atoms with Crippen molar-refractivity contribution in [3.63, 3.8) is 0 Å². The number of nitrogens with zero attached hydrogens (tertiary/aromatic N) is 3. The van der Waals surface area contributed by atoms with E-state index in [4.69, 9.17) is 5.73 Å². The van der Waals surface area contributed by atoms with Gasteiger partial charge in [0.05, 0.1) is 4.92 Å². The summed E-state index contributed by atoms with van der Waals surface area (Å²) >= 11 is 1.30. The molecule has 6 nitrogen and oxygen atoms in total. The molecule has 0 aliphatic rings. The van der Waals surface area contributed by atoms with Crippen LogP contribution in [0.15, 0.2) is 11.2 Å². The molecule has 0 fully saturated rings. The Morgan fingerprint density at radius 3 is 2.60 bits per heavy atom. The van der Waals surface area contributed by atoms with Gasteiger partial charge < -0.3 is 5.73 Å². The van der Waals surface area contributed by atoms with E-state index < -0.39 is 4.92 Å². The van der Waals surface area contributed by atoms with E-state index in [2.05, 4.69) is 9.97 Å². The van der Waals surface area contributed by atoms with Crippen LogP contribution < -0.4 is 5.73 Å². The number of anilines is 1. The monoisotopic (exact) mass is 228 g/mol. The Morgan fingerprint density at radius 1 is 1.53 bits per heavy atom. The van der Waals surface area contributed by atoms with Crippen LogP contribution in [0.4, 0.5) is 11.6 Å². The van der Waals surface area contributed by atoms with Gasteiger partial charge >= 0.3 is 5.69 Å². The van der Waals surface area contributed by atoms with Gasteiger partial charge in [-0.1, -0.05) is 32.5 Å². The average molecular weight is 228 g/mol. The molecule has 15 heavy (non-hydrogen) atoms. The Labute approximate surface area is 91.4 Å². The van der Waals surface area contributed by atoms with E-state index in [1.165, 1.54) is 11.8 Å². The zero-order valence-electron chi connectivity index (χ0n) is 8.72. The summed E-state index contributed by atoms with van der Waals surface area (Å²) < 4.78 is -0.161. The zero-order valence-corrected chi connectivity index (χ0v) is 9.54. The molecule has 1 aromatic heterocycles. The molecule has 0 saturated carbocycles. The van der Waals surface area contributed by atoms with E-state index in [9.17, 15) is 10.1 Å². The Morgan fingerprint density at radius 2 is 2.13 bits per heavy atom. The molecule has 0 atom stereocenters. The summed E-state index contributed by atoms with van der Waals surface area (Å²) in [6.45, 7) is 5.83. The molecule has 0 aliphatic carbocycles. The molecular weight excluding hydrogens is 216 g/mol. The van der Waals surface area contributed by atoms with Gasteiger partial charge in [-0.2, -0.15) is 4.98 Å². The second-order valence-corrected chi connectivity index (χ2v) is 5.71. The molecule has 82 valence electrons. The molecule has 0 radical (unpaired) electrons. The molecule has 0 aliphatic heterocycles. The third kappa shape index (κ3) is 3.35. The van der Waals surface area contributed by atoms with E-state index in [0.29, 0.717) is 5.03 Å². The van der Waals surface area contributed by atoms with Crippen LogP contribution in [0.5, 0.6) is 0 Å². The highest BCUT2D eigenvalue weighted by atomic mass is 32.2. The predicted octanol–water partition coefficient (Wildman–Crippen LogP) is 1.86. The molecular formula is C8H12N4O2S. The molecule has 0 aromatic carbocycles. The van der Waals surface area contributed by atoms with Crippen molar-refractivity contribution in [1.82, 2.24) is 9.97 Å². The van der Waals surface area contributed by atoms with Crippen LogP contribution in [0.3, 0.4) is 0 Å². The molecule has 1 heterocycles. The van der Waals surface area contributed by atoms with Crippen molar-refractivity contribution in [2.45, 2.75) is 30.5 Å². The molecule has 0 amide bonds. The number of hydrogen-bond donors (Lipinski definition) is 1. The minimum atomic E-state index is -0.506. The molecule has 1 rings (SSSR count). The number of nitrogen functional groups attached to an aromatic ring is 1. The van der Waals surface area contributed by atoms with Gasteiger partial charge in [0.1, 0.15) is 6.20 Å². The number of thioether (sulfide) groups is 1. The van der Waals surface area contributed by atoms with Crippen LogP contribution in [-0.4, -0.2) is 19.6 Å². The molecule has 0 bridgehead atoms. The normalized spacial score (nSPS) is 11.4. The largest absolute Gasteiger partial charge is 0.368 e. The number of nitro groups is 1. The lowest BCUT2D eigenvalue weighted by molar-refractivity contribution is -0.388. The standard InChI is InChI=1S/C8H12N4O2S/c1-8(2,3)15-6-5(12(13)14)4-10-7(9)11-6/h4H,1-3H3,(H2,9,10,11). The molecule has 1 aromatic rings. The number of nitrogens with two attached hydrogens (primary N) is 1. The Kier molecular flexibility index (Phi) is 3.13. The maximum atomic E-state index is 10.7. The summed E-state index contributed by atoms with van der Waals surface area (Å²) in [5, 5.41) is 11.0. The van der Waals surface area contributed by atoms with E-state index in [0.717, 1.165) is 6.20 Å². The quantitative estimate of drug-likeness (QED) is 0.359. The van der Waals surface area contributed by atoms with E-state index in [1.807, 2.05) is 20.8 Å². The van der Waals surface area contributed by atoms with Gasteiger partial charge in [-0.15, -0.1) is 0 Å². The molecule has 0 unspecified atom stereocenters. The predicted molar refractivity (Wildman–Crippen MR) is 58.7 cm³/mol. The maximum Gasteiger partial charge on any atom is 0.319 e. The molecule has 0 saturated heterocycles. The van der Waals surface area contributed by atoms with Crippen molar-refractivity contribution in [3.8, 4) is 0 Å². The van der Waals surface area contributed by atoms with Gasteiger partial charge in [-0.25, -0.2) is 4.98 Å². The fourth-order valence-electron chi connectivity index (χ4n) is 0.863. The summed E-state index contributed by atoms with van der Waals surface area (Å²) in [5.41, 5.74) is 5.28. The van der Waals surface area contributed by atoms with Gasteiger partial charge in [-0.3, -0.25) is 10.1 Å². The Balaban J connectivity index is 3.13. The smallest absolute Gasteiger partial charge is 0.319 e. The number of hydrogen-bond acceptors (Lipinski definition) is 6. The minimum absolute atomic E-state index is 0.0485. The lowest BCUT2D eigenvalue weighted by atomic mass is 10.3. The third-order valence-electron chi connectivity index (χ3n) is 1.35. The molecule has 0 spiro atoms. The highest BCUT2D eigenvalue weighted by Crippen LogP contribution is 2.35. The molecule has 7 heteroatoms. The number of aromatic nitrogens is 2. The average Bonchev–Trinajstić information content (AvgIpc) is 1.99. The second kappa shape index (κ2) is 4.01. The van der Waals surface area contributed by atoms with Crippen molar-refractivity contribution in [3.05, 3.63) is 16.3 Å². The van der Waals surface area contributed by atoms with Crippen molar-refractivity contribution in [2.75, 3.05) is 5.73 Å². The van der Waals surface area contributed by atoms with Crippen molar-refractivity contribution in [2.24, 2.45) is 0 Å². The van der Waals surface area contributed by atoms with Crippen LogP contribution >= 0.6 is 11.8 Å². The number of rotatable bonds is 2. The van der Waals surface area contributed by atoms with E-state index >= 15 is 0 Å².